The van der Waals surface area contributed by atoms with Crippen molar-refractivity contribution in [1.82, 2.24) is 9.88 Å². The molecule has 0 spiro atoms. The van der Waals surface area contributed by atoms with E-state index in [0.717, 1.165) is 30.8 Å². The summed E-state index contributed by atoms with van der Waals surface area (Å²) < 4.78 is 5.98. The summed E-state index contributed by atoms with van der Waals surface area (Å²) >= 11 is 0. The van der Waals surface area contributed by atoms with Gasteiger partial charge in [-0.3, -0.25) is 4.79 Å². The number of carbonyl (C=O) groups is 1. The van der Waals surface area contributed by atoms with E-state index in [1.165, 1.54) is 0 Å². The third-order valence-corrected chi connectivity index (χ3v) is 4.81. The largest absolute Gasteiger partial charge is 0.376 e. The zero-order chi connectivity index (χ0) is 18.5. The van der Waals surface area contributed by atoms with Gasteiger partial charge in [0.25, 0.3) is 5.91 Å². The zero-order valence-corrected chi connectivity index (χ0v) is 14.7. The summed E-state index contributed by atoms with van der Waals surface area (Å²) in [5.41, 5.74) is 0.936. The number of carbonyl (C=O) groups excluding carboxylic acids is 1. The molecule has 1 amide bonds. The maximum absolute atomic E-state index is 12.5. The van der Waals surface area contributed by atoms with Crippen molar-refractivity contribution in [3.63, 3.8) is 0 Å². The molecule has 0 saturated carbocycles. The van der Waals surface area contributed by atoms with Gasteiger partial charge in [0.05, 0.1) is 12.1 Å². The van der Waals surface area contributed by atoms with Crippen molar-refractivity contribution in [1.29, 1.82) is 5.26 Å². The number of hydrogen-bond acceptors (Lipinski definition) is 5. The standard InChI is InChI=1S/C20H22N4O2/c1-3-4-5-9-26-18-10-17-13-23(20(25)15(2)11-21)12-16-7-6-8-22-19(16)24(17)14-18/h1,6-8,17-18H,2,4-5,9-10,12-14H2. The topological polar surface area (TPSA) is 69.5 Å². The minimum absolute atomic E-state index is 0.0380. The van der Waals surface area contributed by atoms with Gasteiger partial charge in [0, 0.05) is 44.4 Å². The zero-order valence-electron chi connectivity index (χ0n) is 14.7. The van der Waals surface area contributed by atoms with Gasteiger partial charge in [-0.1, -0.05) is 12.6 Å². The molecule has 2 aliphatic heterocycles. The number of hydrogen-bond donors (Lipinski definition) is 0. The molecule has 1 saturated heterocycles. The Morgan fingerprint density at radius 2 is 2.35 bits per heavy atom. The third kappa shape index (κ3) is 3.71. The van der Waals surface area contributed by atoms with Gasteiger partial charge in [0.2, 0.25) is 0 Å². The number of rotatable bonds is 5. The van der Waals surface area contributed by atoms with Crippen LogP contribution in [-0.2, 0) is 16.1 Å². The van der Waals surface area contributed by atoms with Crippen molar-refractivity contribution in [2.24, 2.45) is 0 Å². The maximum atomic E-state index is 12.5. The first-order chi connectivity index (χ1) is 12.6. The number of amides is 1. The third-order valence-electron chi connectivity index (χ3n) is 4.81. The summed E-state index contributed by atoms with van der Waals surface area (Å²) in [5, 5.41) is 9.02. The molecule has 0 aliphatic carbocycles. The number of terminal acetylenes is 1. The van der Waals surface area contributed by atoms with E-state index in [2.05, 4.69) is 22.4 Å². The Hall–Kier alpha value is -2.83. The highest BCUT2D eigenvalue weighted by atomic mass is 16.5. The molecule has 1 aromatic heterocycles. The molecule has 26 heavy (non-hydrogen) atoms. The highest BCUT2D eigenvalue weighted by Gasteiger charge is 2.39. The Kier molecular flexibility index (Phi) is 5.55. The van der Waals surface area contributed by atoms with Crippen LogP contribution in [0.25, 0.3) is 0 Å². The van der Waals surface area contributed by atoms with Gasteiger partial charge in [-0.15, -0.1) is 12.3 Å². The molecule has 2 unspecified atom stereocenters. The molecule has 0 aromatic carbocycles. The van der Waals surface area contributed by atoms with Crippen LogP contribution in [0.4, 0.5) is 5.82 Å². The van der Waals surface area contributed by atoms with Crippen molar-refractivity contribution in [2.45, 2.75) is 38.0 Å². The molecule has 0 N–H and O–H groups in total. The number of pyridine rings is 1. The summed E-state index contributed by atoms with van der Waals surface area (Å²) in [6, 6.07) is 5.81. The van der Waals surface area contributed by atoms with Crippen LogP contribution < -0.4 is 4.90 Å². The molecular formula is C20H22N4O2. The Labute approximate surface area is 154 Å². The Bertz CT molecular complexity index is 777. The summed E-state index contributed by atoms with van der Waals surface area (Å²) in [6.07, 6.45) is 9.50. The highest BCUT2D eigenvalue weighted by Crippen LogP contribution is 2.33. The van der Waals surface area contributed by atoms with Gasteiger partial charge >= 0.3 is 0 Å². The van der Waals surface area contributed by atoms with E-state index in [9.17, 15) is 4.79 Å². The summed E-state index contributed by atoms with van der Waals surface area (Å²) in [6.45, 7) is 5.91. The van der Waals surface area contributed by atoms with E-state index >= 15 is 0 Å². The molecule has 3 heterocycles. The smallest absolute Gasteiger partial charge is 0.264 e. The van der Waals surface area contributed by atoms with Crippen LogP contribution >= 0.6 is 0 Å². The second-order valence-corrected chi connectivity index (χ2v) is 6.60. The van der Waals surface area contributed by atoms with E-state index < -0.39 is 0 Å². The van der Waals surface area contributed by atoms with Crippen LogP contribution in [-0.4, -0.2) is 47.6 Å². The van der Waals surface area contributed by atoms with Crippen molar-refractivity contribution in [2.75, 3.05) is 24.6 Å². The molecule has 3 rings (SSSR count). The number of fused-ring (bicyclic) bond motifs is 3. The lowest BCUT2D eigenvalue weighted by Crippen LogP contribution is -2.40. The monoisotopic (exact) mass is 350 g/mol. The summed E-state index contributed by atoms with van der Waals surface area (Å²) in [4.78, 5) is 21.0. The molecular weight excluding hydrogens is 328 g/mol. The Morgan fingerprint density at radius 1 is 1.50 bits per heavy atom. The fraction of sp³-hybridized carbons (Fsp3) is 0.450. The average molecular weight is 350 g/mol. The molecule has 1 aromatic rings. The molecule has 2 aliphatic rings. The lowest BCUT2D eigenvalue weighted by Gasteiger charge is -2.26. The number of nitriles is 1. The van der Waals surface area contributed by atoms with E-state index in [0.29, 0.717) is 26.1 Å². The lowest BCUT2D eigenvalue weighted by atomic mass is 10.1. The van der Waals surface area contributed by atoms with E-state index in [1.807, 2.05) is 18.2 Å². The molecule has 1 fully saturated rings. The van der Waals surface area contributed by atoms with E-state index in [4.69, 9.17) is 16.4 Å². The average Bonchev–Trinajstić information content (AvgIpc) is 2.99. The van der Waals surface area contributed by atoms with Crippen LogP contribution in [0.15, 0.2) is 30.5 Å². The lowest BCUT2D eigenvalue weighted by molar-refractivity contribution is -0.127. The van der Waals surface area contributed by atoms with Crippen molar-refractivity contribution in [3.8, 4) is 18.4 Å². The van der Waals surface area contributed by atoms with Gasteiger partial charge in [0.1, 0.15) is 17.5 Å². The predicted molar refractivity (Wildman–Crippen MR) is 98.0 cm³/mol. The van der Waals surface area contributed by atoms with Crippen LogP contribution in [0, 0.1) is 23.7 Å². The van der Waals surface area contributed by atoms with Crippen molar-refractivity contribution < 1.29 is 9.53 Å². The SMILES string of the molecule is C#CCCCOC1CC2CN(C(=O)C(=C)C#N)Cc3cccnc3N2C1. The first-order valence-corrected chi connectivity index (χ1v) is 8.78. The fourth-order valence-corrected chi connectivity index (χ4v) is 3.58. The fourth-order valence-electron chi connectivity index (χ4n) is 3.58. The number of unbranched alkanes of at least 4 members (excludes halogenated alkanes) is 1. The summed E-state index contributed by atoms with van der Waals surface area (Å²) in [7, 11) is 0. The van der Waals surface area contributed by atoms with Gasteiger partial charge in [-0.05, 0) is 18.9 Å². The van der Waals surface area contributed by atoms with Crippen molar-refractivity contribution >= 4 is 11.7 Å². The molecule has 2 atom stereocenters. The molecule has 0 radical (unpaired) electrons. The minimum atomic E-state index is -0.317. The Balaban J connectivity index is 1.78. The van der Waals surface area contributed by atoms with E-state index in [1.54, 1.807) is 11.1 Å². The Morgan fingerprint density at radius 3 is 3.12 bits per heavy atom. The highest BCUT2D eigenvalue weighted by molar-refractivity contribution is 5.96. The van der Waals surface area contributed by atoms with Crippen LogP contribution in [0.1, 0.15) is 24.8 Å². The van der Waals surface area contributed by atoms with Crippen molar-refractivity contribution in [3.05, 3.63) is 36.0 Å². The van der Waals surface area contributed by atoms with Gasteiger partial charge in [0.15, 0.2) is 0 Å². The number of anilines is 1. The molecule has 6 nitrogen and oxygen atoms in total. The first-order valence-electron chi connectivity index (χ1n) is 8.78. The molecule has 134 valence electrons. The van der Waals surface area contributed by atoms with Crippen LogP contribution in [0.5, 0.6) is 0 Å². The van der Waals surface area contributed by atoms with Crippen LogP contribution in [0.3, 0.4) is 0 Å². The number of aromatic nitrogens is 1. The van der Waals surface area contributed by atoms with Crippen LogP contribution in [0.2, 0.25) is 0 Å². The quantitative estimate of drug-likeness (QED) is 0.351. The molecule has 6 heteroatoms. The summed E-state index contributed by atoms with van der Waals surface area (Å²) in [5.74, 6) is 3.20. The number of nitrogens with zero attached hydrogens (tertiary/aromatic N) is 4. The predicted octanol–water partition coefficient (Wildman–Crippen LogP) is 1.88. The molecule has 0 bridgehead atoms. The minimum Gasteiger partial charge on any atom is -0.376 e. The first kappa shape index (κ1) is 18.0. The van der Waals surface area contributed by atoms with Gasteiger partial charge < -0.3 is 14.5 Å². The number of ether oxygens (including phenoxy) is 1. The normalized spacial score (nSPS) is 21.2. The van der Waals surface area contributed by atoms with E-state index in [-0.39, 0.29) is 23.6 Å². The maximum Gasteiger partial charge on any atom is 0.264 e. The second-order valence-electron chi connectivity index (χ2n) is 6.60. The second kappa shape index (κ2) is 8.03. The van der Waals surface area contributed by atoms with Gasteiger partial charge in [-0.25, -0.2) is 4.98 Å². The van der Waals surface area contributed by atoms with Gasteiger partial charge in [-0.2, -0.15) is 5.26 Å².